The Hall–Kier alpha value is -2.03. The third kappa shape index (κ3) is 4.62. The quantitative estimate of drug-likeness (QED) is 0.855. The van der Waals surface area contributed by atoms with Crippen LogP contribution in [-0.2, 0) is 17.4 Å². The molecular formula is C13H13F3N2O. The highest BCUT2D eigenvalue weighted by Gasteiger charge is 2.30. The number of carbonyl (C=O) groups excluding carboxylic acids is 1. The zero-order valence-electron chi connectivity index (χ0n) is 10.3. The molecule has 0 radical (unpaired) electrons. The number of nitrogens with zero attached hydrogens (tertiary/aromatic N) is 1. The summed E-state index contributed by atoms with van der Waals surface area (Å²) in [7, 11) is 0. The van der Waals surface area contributed by atoms with Crippen LogP contribution < -0.4 is 5.32 Å². The van der Waals surface area contributed by atoms with Gasteiger partial charge in [-0.05, 0) is 18.1 Å². The van der Waals surface area contributed by atoms with Crippen LogP contribution in [0.1, 0.15) is 18.1 Å². The average molecular weight is 270 g/mol. The molecule has 0 aliphatic carbocycles. The second-order valence-electron chi connectivity index (χ2n) is 4.18. The number of rotatable bonds is 4. The molecule has 0 heterocycles. The van der Waals surface area contributed by atoms with Gasteiger partial charge in [0.15, 0.2) is 0 Å². The number of amides is 1. The van der Waals surface area contributed by atoms with E-state index in [1.807, 2.05) is 0 Å². The molecule has 3 nitrogen and oxygen atoms in total. The van der Waals surface area contributed by atoms with Crippen molar-refractivity contribution >= 4 is 5.91 Å². The number of nitrogens with one attached hydrogen (secondary N) is 1. The van der Waals surface area contributed by atoms with Gasteiger partial charge in [0.2, 0.25) is 5.91 Å². The van der Waals surface area contributed by atoms with Crippen LogP contribution in [0, 0.1) is 17.2 Å². The van der Waals surface area contributed by atoms with Crippen LogP contribution >= 0.6 is 0 Å². The lowest BCUT2D eigenvalue weighted by atomic mass is 9.98. The predicted octanol–water partition coefficient (Wildman–Crippen LogP) is 2.52. The highest BCUT2D eigenvalue weighted by atomic mass is 19.4. The molecule has 102 valence electrons. The maximum atomic E-state index is 12.5. The van der Waals surface area contributed by atoms with Gasteiger partial charge in [0.1, 0.15) is 6.54 Å². The van der Waals surface area contributed by atoms with E-state index in [0.717, 1.165) is 12.1 Å². The summed E-state index contributed by atoms with van der Waals surface area (Å²) in [6, 6.07) is 6.65. The molecule has 1 rings (SSSR count). The maximum absolute atomic E-state index is 12.5. The fraction of sp³-hybridized carbons (Fsp3) is 0.385. The van der Waals surface area contributed by atoms with E-state index in [-0.39, 0.29) is 18.9 Å². The molecule has 0 bridgehead atoms. The summed E-state index contributed by atoms with van der Waals surface area (Å²) in [4.78, 5) is 11.5. The minimum Gasteiger partial charge on any atom is -0.343 e. The van der Waals surface area contributed by atoms with Crippen molar-refractivity contribution in [2.24, 2.45) is 5.92 Å². The minimum atomic E-state index is -4.39. The minimum absolute atomic E-state index is 0.105. The first-order chi connectivity index (χ1) is 8.84. The smallest absolute Gasteiger partial charge is 0.343 e. The molecule has 0 spiro atoms. The monoisotopic (exact) mass is 270 g/mol. The van der Waals surface area contributed by atoms with Crippen LogP contribution in [-0.4, -0.2) is 12.5 Å². The lowest BCUT2D eigenvalue weighted by Gasteiger charge is -2.12. The van der Waals surface area contributed by atoms with Gasteiger partial charge < -0.3 is 5.32 Å². The van der Waals surface area contributed by atoms with Gasteiger partial charge in [-0.1, -0.05) is 25.1 Å². The van der Waals surface area contributed by atoms with Crippen LogP contribution in [0.15, 0.2) is 24.3 Å². The number of hydrogen-bond acceptors (Lipinski definition) is 2. The Morgan fingerprint density at radius 3 is 2.74 bits per heavy atom. The van der Waals surface area contributed by atoms with Crippen molar-refractivity contribution in [1.29, 1.82) is 5.26 Å². The Labute approximate surface area is 109 Å². The van der Waals surface area contributed by atoms with E-state index in [0.29, 0.717) is 5.56 Å². The van der Waals surface area contributed by atoms with Crippen molar-refractivity contribution in [3.63, 3.8) is 0 Å². The van der Waals surface area contributed by atoms with Gasteiger partial charge in [0.25, 0.3) is 0 Å². The van der Waals surface area contributed by atoms with E-state index in [2.05, 4.69) is 5.32 Å². The molecule has 6 heteroatoms. The zero-order chi connectivity index (χ0) is 14.5. The first kappa shape index (κ1) is 15.0. The Balaban J connectivity index is 2.72. The van der Waals surface area contributed by atoms with Crippen LogP contribution in [0.2, 0.25) is 0 Å². The maximum Gasteiger partial charge on any atom is 0.416 e. The fourth-order valence-electron chi connectivity index (χ4n) is 1.62. The SMILES string of the molecule is C[C@H](Cc1cccc(C(F)(F)F)c1)C(=O)NCC#N. The number of alkyl halides is 3. The molecule has 1 N–H and O–H groups in total. The van der Waals surface area contributed by atoms with Crippen molar-refractivity contribution in [2.75, 3.05) is 6.54 Å². The number of hydrogen-bond donors (Lipinski definition) is 1. The Morgan fingerprint density at radius 1 is 1.47 bits per heavy atom. The third-order valence-corrected chi connectivity index (χ3v) is 2.59. The molecular weight excluding hydrogens is 257 g/mol. The Morgan fingerprint density at radius 2 is 2.16 bits per heavy atom. The van der Waals surface area contributed by atoms with E-state index >= 15 is 0 Å². The molecule has 1 atom stereocenters. The van der Waals surface area contributed by atoms with Gasteiger partial charge in [-0.25, -0.2) is 0 Å². The molecule has 1 aromatic rings. The van der Waals surface area contributed by atoms with Crippen molar-refractivity contribution in [3.05, 3.63) is 35.4 Å². The predicted molar refractivity (Wildman–Crippen MR) is 62.9 cm³/mol. The topological polar surface area (TPSA) is 52.9 Å². The van der Waals surface area contributed by atoms with Crippen molar-refractivity contribution in [2.45, 2.75) is 19.5 Å². The van der Waals surface area contributed by atoms with Crippen molar-refractivity contribution < 1.29 is 18.0 Å². The molecule has 1 aromatic carbocycles. The molecule has 0 aliphatic rings. The zero-order valence-corrected chi connectivity index (χ0v) is 10.3. The lowest BCUT2D eigenvalue weighted by molar-refractivity contribution is -0.137. The van der Waals surface area contributed by atoms with Gasteiger partial charge >= 0.3 is 6.18 Å². The van der Waals surface area contributed by atoms with E-state index in [1.54, 1.807) is 19.1 Å². The second kappa shape index (κ2) is 6.23. The van der Waals surface area contributed by atoms with Crippen LogP contribution in [0.5, 0.6) is 0 Å². The van der Waals surface area contributed by atoms with Gasteiger partial charge in [-0.2, -0.15) is 18.4 Å². The highest BCUT2D eigenvalue weighted by Crippen LogP contribution is 2.29. The summed E-state index contributed by atoms with van der Waals surface area (Å²) < 4.78 is 37.5. The molecule has 0 saturated carbocycles. The Kier molecular flexibility index (Phi) is 4.93. The molecule has 0 fully saturated rings. The fourth-order valence-corrected chi connectivity index (χ4v) is 1.62. The average Bonchev–Trinajstić information content (AvgIpc) is 2.35. The molecule has 0 aromatic heterocycles. The normalized spacial score (nSPS) is 12.6. The van der Waals surface area contributed by atoms with Crippen molar-refractivity contribution in [1.82, 2.24) is 5.32 Å². The molecule has 0 saturated heterocycles. The van der Waals surface area contributed by atoms with Gasteiger partial charge in [0.05, 0.1) is 11.6 Å². The standard InChI is InChI=1S/C13H13F3N2O/c1-9(12(19)18-6-5-17)7-10-3-2-4-11(8-10)13(14,15)16/h2-4,8-9H,6-7H2,1H3,(H,18,19)/t9-/m1/s1. The van der Waals surface area contributed by atoms with E-state index < -0.39 is 17.7 Å². The summed E-state index contributed by atoms with van der Waals surface area (Å²) in [6.45, 7) is 1.50. The highest BCUT2D eigenvalue weighted by molar-refractivity contribution is 5.78. The number of carbonyl (C=O) groups is 1. The summed E-state index contributed by atoms with van der Waals surface area (Å²) in [6.07, 6.45) is -4.19. The van der Waals surface area contributed by atoms with E-state index in [9.17, 15) is 18.0 Å². The summed E-state index contributed by atoms with van der Waals surface area (Å²) >= 11 is 0. The summed E-state index contributed by atoms with van der Waals surface area (Å²) in [5, 5.41) is 10.7. The van der Waals surface area contributed by atoms with Crippen LogP contribution in [0.3, 0.4) is 0 Å². The number of benzene rings is 1. The number of halogens is 3. The van der Waals surface area contributed by atoms with Crippen LogP contribution in [0.4, 0.5) is 13.2 Å². The first-order valence-electron chi connectivity index (χ1n) is 5.65. The van der Waals surface area contributed by atoms with Gasteiger partial charge in [0, 0.05) is 5.92 Å². The first-order valence-corrected chi connectivity index (χ1v) is 5.65. The lowest BCUT2D eigenvalue weighted by Crippen LogP contribution is -2.30. The second-order valence-corrected chi connectivity index (χ2v) is 4.18. The van der Waals surface area contributed by atoms with Gasteiger partial charge in [-0.3, -0.25) is 4.79 Å². The summed E-state index contributed by atoms with van der Waals surface area (Å²) in [5.41, 5.74) is -0.288. The van der Waals surface area contributed by atoms with E-state index in [4.69, 9.17) is 5.26 Å². The van der Waals surface area contributed by atoms with Gasteiger partial charge in [-0.15, -0.1) is 0 Å². The Bertz CT molecular complexity index is 491. The van der Waals surface area contributed by atoms with E-state index in [1.165, 1.54) is 6.07 Å². The molecule has 1 amide bonds. The summed E-state index contributed by atoms with van der Waals surface area (Å²) in [5.74, 6) is -0.837. The third-order valence-electron chi connectivity index (χ3n) is 2.59. The largest absolute Gasteiger partial charge is 0.416 e. The molecule has 0 aliphatic heterocycles. The number of nitriles is 1. The van der Waals surface area contributed by atoms with Crippen LogP contribution in [0.25, 0.3) is 0 Å². The molecule has 19 heavy (non-hydrogen) atoms. The van der Waals surface area contributed by atoms with Crippen molar-refractivity contribution in [3.8, 4) is 6.07 Å². The molecule has 0 unspecified atom stereocenters.